The van der Waals surface area contributed by atoms with Gasteiger partial charge in [0.25, 0.3) is 0 Å². The Balaban J connectivity index is 3.40. The SMILES string of the molecule is CCC[C@@H](C=O)CC=O. The van der Waals surface area contributed by atoms with E-state index in [9.17, 15) is 9.59 Å². The van der Waals surface area contributed by atoms with Crippen molar-refractivity contribution >= 4 is 12.6 Å². The molecule has 0 aromatic rings. The zero-order valence-corrected chi connectivity index (χ0v) is 5.67. The zero-order chi connectivity index (χ0) is 7.11. The summed E-state index contributed by atoms with van der Waals surface area (Å²) in [5.41, 5.74) is 0. The van der Waals surface area contributed by atoms with E-state index in [1.807, 2.05) is 6.92 Å². The van der Waals surface area contributed by atoms with Gasteiger partial charge in [0, 0.05) is 12.3 Å². The summed E-state index contributed by atoms with van der Waals surface area (Å²) in [4.78, 5) is 20.0. The van der Waals surface area contributed by atoms with Crippen LogP contribution in [0.5, 0.6) is 0 Å². The lowest BCUT2D eigenvalue weighted by Gasteiger charge is -2.00. The maximum atomic E-state index is 10.1. The molecule has 0 aliphatic heterocycles. The minimum Gasteiger partial charge on any atom is -0.303 e. The van der Waals surface area contributed by atoms with Crippen LogP contribution in [0.25, 0.3) is 0 Å². The number of aldehydes is 2. The van der Waals surface area contributed by atoms with Gasteiger partial charge in [0.05, 0.1) is 0 Å². The summed E-state index contributed by atoms with van der Waals surface area (Å²) in [6.07, 6.45) is 3.85. The number of carbonyl (C=O) groups excluding carboxylic acids is 2. The van der Waals surface area contributed by atoms with Gasteiger partial charge in [0.1, 0.15) is 12.6 Å². The van der Waals surface area contributed by atoms with Crippen LogP contribution in [0.15, 0.2) is 0 Å². The van der Waals surface area contributed by atoms with E-state index in [0.29, 0.717) is 6.42 Å². The number of hydrogen-bond donors (Lipinski definition) is 0. The standard InChI is InChI=1S/C7H12O2/c1-2-3-7(6-9)4-5-8/h5-7H,2-4H2,1H3/t7-/m1/s1. The largest absolute Gasteiger partial charge is 0.303 e. The van der Waals surface area contributed by atoms with Gasteiger partial charge < -0.3 is 9.59 Å². The van der Waals surface area contributed by atoms with Crippen LogP contribution in [0.4, 0.5) is 0 Å². The van der Waals surface area contributed by atoms with Crippen molar-refractivity contribution in [2.45, 2.75) is 26.2 Å². The summed E-state index contributed by atoms with van der Waals surface area (Å²) in [5, 5.41) is 0. The van der Waals surface area contributed by atoms with Crippen molar-refractivity contribution in [1.82, 2.24) is 0 Å². The highest BCUT2D eigenvalue weighted by Crippen LogP contribution is 2.04. The highest BCUT2D eigenvalue weighted by atomic mass is 16.1. The molecule has 0 saturated carbocycles. The van der Waals surface area contributed by atoms with E-state index < -0.39 is 0 Å². The minimum atomic E-state index is -0.0347. The monoisotopic (exact) mass is 128 g/mol. The molecule has 1 atom stereocenters. The zero-order valence-electron chi connectivity index (χ0n) is 5.67. The fourth-order valence-electron chi connectivity index (χ4n) is 0.736. The van der Waals surface area contributed by atoms with Crippen molar-refractivity contribution in [2.75, 3.05) is 0 Å². The van der Waals surface area contributed by atoms with Crippen LogP contribution < -0.4 is 0 Å². The summed E-state index contributed by atoms with van der Waals surface area (Å²) in [5.74, 6) is -0.0347. The smallest absolute Gasteiger partial charge is 0.123 e. The lowest BCUT2D eigenvalue weighted by Crippen LogP contribution is -2.01. The summed E-state index contributed by atoms with van der Waals surface area (Å²) >= 11 is 0. The Morgan fingerprint density at radius 1 is 1.44 bits per heavy atom. The van der Waals surface area contributed by atoms with Gasteiger partial charge in [-0.15, -0.1) is 0 Å². The predicted octanol–water partition coefficient (Wildman–Crippen LogP) is 1.19. The Kier molecular flexibility index (Phi) is 5.07. The topological polar surface area (TPSA) is 34.1 Å². The molecular formula is C7H12O2. The van der Waals surface area contributed by atoms with Crippen molar-refractivity contribution in [3.8, 4) is 0 Å². The molecule has 0 unspecified atom stereocenters. The molecule has 0 aromatic carbocycles. The van der Waals surface area contributed by atoms with Crippen LogP contribution >= 0.6 is 0 Å². The summed E-state index contributed by atoms with van der Waals surface area (Å²) < 4.78 is 0. The Morgan fingerprint density at radius 2 is 2.11 bits per heavy atom. The maximum absolute atomic E-state index is 10.1. The number of rotatable bonds is 5. The first-order valence-electron chi connectivity index (χ1n) is 3.24. The van der Waals surface area contributed by atoms with E-state index in [1.54, 1.807) is 0 Å². The van der Waals surface area contributed by atoms with Gasteiger partial charge in [0.15, 0.2) is 0 Å². The Hall–Kier alpha value is -0.660. The average molecular weight is 128 g/mol. The second-order valence-electron chi connectivity index (χ2n) is 2.09. The van der Waals surface area contributed by atoms with E-state index >= 15 is 0 Å². The van der Waals surface area contributed by atoms with Gasteiger partial charge in [-0.05, 0) is 6.42 Å². The average Bonchev–Trinajstić information content (AvgIpc) is 1.88. The molecule has 0 aromatic heterocycles. The Labute approximate surface area is 55.3 Å². The predicted molar refractivity (Wildman–Crippen MR) is 35.1 cm³/mol. The maximum Gasteiger partial charge on any atom is 0.123 e. The number of carbonyl (C=O) groups is 2. The van der Waals surface area contributed by atoms with Gasteiger partial charge in [-0.25, -0.2) is 0 Å². The van der Waals surface area contributed by atoms with E-state index in [-0.39, 0.29) is 5.92 Å². The van der Waals surface area contributed by atoms with E-state index in [2.05, 4.69) is 0 Å². The molecule has 0 aliphatic rings. The fourth-order valence-corrected chi connectivity index (χ4v) is 0.736. The van der Waals surface area contributed by atoms with Crippen LogP contribution in [0, 0.1) is 5.92 Å². The quantitative estimate of drug-likeness (QED) is 0.521. The molecule has 9 heavy (non-hydrogen) atoms. The van der Waals surface area contributed by atoms with Crippen LogP contribution in [0.2, 0.25) is 0 Å². The fraction of sp³-hybridized carbons (Fsp3) is 0.714. The number of hydrogen-bond acceptors (Lipinski definition) is 2. The highest BCUT2D eigenvalue weighted by molar-refractivity contribution is 5.61. The molecule has 0 rings (SSSR count). The first-order valence-corrected chi connectivity index (χ1v) is 3.24. The molecule has 0 fully saturated rings. The highest BCUT2D eigenvalue weighted by Gasteiger charge is 2.02. The van der Waals surface area contributed by atoms with Gasteiger partial charge in [-0.3, -0.25) is 0 Å². The van der Waals surface area contributed by atoms with Crippen molar-refractivity contribution in [3.63, 3.8) is 0 Å². The molecule has 0 bridgehead atoms. The van der Waals surface area contributed by atoms with Crippen molar-refractivity contribution < 1.29 is 9.59 Å². The first kappa shape index (κ1) is 8.34. The van der Waals surface area contributed by atoms with Crippen molar-refractivity contribution in [3.05, 3.63) is 0 Å². The van der Waals surface area contributed by atoms with Crippen molar-refractivity contribution in [2.24, 2.45) is 5.92 Å². The molecule has 52 valence electrons. The lowest BCUT2D eigenvalue weighted by molar-refractivity contribution is -0.115. The first-order chi connectivity index (χ1) is 4.35. The van der Waals surface area contributed by atoms with Gasteiger partial charge in [-0.1, -0.05) is 13.3 Å². The molecular weight excluding hydrogens is 116 g/mol. The molecule has 0 N–H and O–H groups in total. The van der Waals surface area contributed by atoms with Gasteiger partial charge >= 0.3 is 0 Å². The Bertz CT molecular complexity index is 88.9. The minimum absolute atomic E-state index is 0.0347. The molecule has 0 spiro atoms. The molecule has 0 heterocycles. The molecule has 0 saturated heterocycles. The lowest BCUT2D eigenvalue weighted by atomic mass is 10.0. The normalized spacial score (nSPS) is 12.6. The summed E-state index contributed by atoms with van der Waals surface area (Å²) in [7, 11) is 0. The van der Waals surface area contributed by atoms with Crippen LogP contribution in [0.1, 0.15) is 26.2 Å². The molecule has 2 heteroatoms. The van der Waals surface area contributed by atoms with Crippen molar-refractivity contribution in [1.29, 1.82) is 0 Å². The van der Waals surface area contributed by atoms with Crippen LogP contribution in [0.3, 0.4) is 0 Å². The second kappa shape index (κ2) is 5.48. The van der Waals surface area contributed by atoms with Crippen LogP contribution in [-0.2, 0) is 9.59 Å². The van der Waals surface area contributed by atoms with E-state index in [4.69, 9.17) is 0 Å². The van der Waals surface area contributed by atoms with Gasteiger partial charge in [-0.2, -0.15) is 0 Å². The summed E-state index contributed by atoms with van der Waals surface area (Å²) in [6, 6.07) is 0. The van der Waals surface area contributed by atoms with Crippen LogP contribution in [-0.4, -0.2) is 12.6 Å². The third-order valence-corrected chi connectivity index (χ3v) is 1.25. The molecule has 0 amide bonds. The second-order valence-corrected chi connectivity index (χ2v) is 2.09. The Morgan fingerprint density at radius 3 is 2.44 bits per heavy atom. The third kappa shape index (κ3) is 3.88. The molecule has 0 radical (unpaired) electrons. The van der Waals surface area contributed by atoms with E-state index in [0.717, 1.165) is 25.4 Å². The van der Waals surface area contributed by atoms with E-state index in [1.165, 1.54) is 0 Å². The molecule has 0 aliphatic carbocycles. The third-order valence-electron chi connectivity index (χ3n) is 1.25. The van der Waals surface area contributed by atoms with Gasteiger partial charge in [0.2, 0.25) is 0 Å². The molecule has 2 nitrogen and oxygen atoms in total. The summed E-state index contributed by atoms with van der Waals surface area (Å²) in [6.45, 7) is 2.00.